The van der Waals surface area contributed by atoms with Gasteiger partial charge >= 0.3 is 0 Å². The first-order chi connectivity index (χ1) is 13.0. The molecule has 4 rings (SSSR count). The highest BCUT2D eigenvalue weighted by Crippen LogP contribution is 2.39. The van der Waals surface area contributed by atoms with Gasteiger partial charge in [-0.2, -0.15) is 0 Å². The van der Waals surface area contributed by atoms with E-state index < -0.39 is 30.5 Å². The summed E-state index contributed by atoms with van der Waals surface area (Å²) in [6, 6.07) is 14.6. The molecular formula is C21H22O6. The Balaban J connectivity index is 1.61. The molecule has 142 valence electrons. The van der Waals surface area contributed by atoms with Gasteiger partial charge in [0.25, 0.3) is 0 Å². The van der Waals surface area contributed by atoms with Crippen molar-refractivity contribution in [1.29, 1.82) is 0 Å². The van der Waals surface area contributed by atoms with Crippen LogP contribution in [0.5, 0.6) is 5.75 Å². The molecule has 27 heavy (non-hydrogen) atoms. The van der Waals surface area contributed by atoms with E-state index >= 15 is 0 Å². The zero-order chi connectivity index (χ0) is 19.1. The van der Waals surface area contributed by atoms with Crippen molar-refractivity contribution in [2.75, 3.05) is 0 Å². The molecule has 6 nitrogen and oxygen atoms in total. The fourth-order valence-electron chi connectivity index (χ4n) is 3.70. The van der Waals surface area contributed by atoms with Crippen LogP contribution >= 0.6 is 0 Å². The van der Waals surface area contributed by atoms with Gasteiger partial charge in [-0.1, -0.05) is 36.4 Å². The summed E-state index contributed by atoms with van der Waals surface area (Å²) in [5.41, 5.74) is 1.94. The molecule has 0 spiro atoms. The molecule has 0 aliphatic carbocycles. The van der Waals surface area contributed by atoms with Crippen LogP contribution in [0.25, 0.3) is 0 Å². The second kappa shape index (κ2) is 7.05. The lowest BCUT2D eigenvalue weighted by atomic mass is 9.89. The van der Waals surface area contributed by atoms with Crippen LogP contribution in [0.1, 0.15) is 47.0 Å². The van der Waals surface area contributed by atoms with E-state index in [0.717, 1.165) is 5.56 Å². The average Bonchev–Trinajstić information content (AvgIpc) is 2.69. The van der Waals surface area contributed by atoms with Crippen molar-refractivity contribution in [3.63, 3.8) is 0 Å². The van der Waals surface area contributed by atoms with E-state index in [9.17, 15) is 20.1 Å². The highest BCUT2D eigenvalue weighted by atomic mass is 16.5. The largest absolute Gasteiger partial charge is 0.484 e. The van der Waals surface area contributed by atoms with Crippen LogP contribution in [0.3, 0.4) is 0 Å². The Kier molecular flexibility index (Phi) is 4.74. The maximum absolute atomic E-state index is 12.7. The summed E-state index contributed by atoms with van der Waals surface area (Å²) in [6.45, 7) is 1.63. The number of hydrogen-bond donors (Lipinski definition) is 3. The number of hydrogen-bond acceptors (Lipinski definition) is 6. The second-order valence-corrected chi connectivity index (χ2v) is 7.13. The predicted octanol–water partition coefficient (Wildman–Crippen LogP) is 1.94. The van der Waals surface area contributed by atoms with E-state index in [1.807, 2.05) is 30.3 Å². The highest BCUT2D eigenvalue weighted by Gasteiger charge is 2.42. The zero-order valence-corrected chi connectivity index (χ0v) is 14.9. The number of carbonyl (C=O) groups is 1. The number of aliphatic hydroxyl groups excluding tert-OH is 3. The third-order valence-corrected chi connectivity index (χ3v) is 5.30. The van der Waals surface area contributed by atoms with Gasteiger partial charge in [-0.05, 0) is 30.2 Å². The maximum atomic E-state index is 12.7. The highest BCUT2D eigenvalue weighted by molar-refractivity contribution is 6.00. The standard InChI is InChI=1S/C21H22O6/c1-11-18(23)19(24)20(25)21(26-11)13-7-8-16-14(9-13)15(22)10-17(27-16)12-5-3-2-4-6-12/h2-9,11,17-21,23-25H,10H2,1H3/t11-,17?,18-,19+,20+,21?/m0/s1. The molecule has 0 radical (unpaired) electrons. The molecular weight excluding hydrogens is 348 g/mol. The van der Waals surface area contributed by atoms with Crippen LogP contribution in [0.15, 0.2) is 48.5 Å². The third-order valence-electron chi connectivity index (χ3n) is 5.30. The summed E-state index contributed by atoms with van der Waals surface area (Å²) in [7, 11) is 0. The Hall–Kier alpha value is -2.25. The monoisotopic (exact) mass is 370 g/mol. The van der Waals surface area contributed by atoms with Crippen molar-refractivity contribution in [1.82, 2.24) is 0 Å². The fourth-order valence-corrected chi connectivity index (χ4v) is 3.70. The minimum absolute atomic E-state index is 0.0501. The molecule has 0 saturated carbocycles. The first kappa shape index (κ1) is 18.1. The average molecular weight is 370 g/mol. The van der Waals surface area contributed by atoms with Gasteiger partial charge in [0.1, 0.15) is 36.3 Å². The number of ether oxygens (including phenoxy) is 2. The number of benzene rings is 2. The topological polar surface area (TPSA) is 96.2 Å². The molecule has 2 heterocycles. The van der Waals surface area contributed by atoms with Crippen LogP contribution in [-0.2, 0) is 4.74 Å². The first-order valence-corrected chi connectivity index (χ1v) is 9.04. The molecule has 1 fully saturated rings. The van der Waals surface area contributed by atoms with Gasteiger partial charge in [0, 0.05) is 0 Å². The molecule has 2 unspecified atom stereocenters. The Morgan fingerprint density at radius 3 is 2.41 bits per heavy atom. The lowest BCUT2D eigenvalue weighted by Crippen LogP contribution is -2.53. The van der Waals surface area contributed by atoms with E-state index in [2.05, 4.69) is 0 Å². The molecule has 2 aromatic carbocycles. The van der Waals surface area contributed by atoms with Crippen LogP contribution in [0.2, 0.25) is 0 Å². The first-order valence-electron chi connectivity index (χ1n) is 9.04. The number of carbonyl (C=O) groups excluding carboxylic acids is 1. The fraction of sp³-hybridized carbons (Fsp3) is 0.381. The molecule has 0 amide bonds. The molecule has 3 N–H and O–H groups in total. The Morgan fingerprint density at radius 2 is 1.67 bits per heavy atom. The summed E-state index contributed by atoms with van der Waals surface area (Å²) in [5, 5.41) is 30.2. The number of fused-ring (bicyclic) bond motifs is 1. The number of ketones is 1. The van der Waals surface area contributed by atoms with E-state index in [0.29, 0.717) is 16.9 Å². The number of Topliss-reactive ketones (excluding diaryl/α,β-unsaturated/α-hetero) is 1. The predicted molar refractivity (Wildman–Crippen MR) is 96.5 cm³/mol. The normalized spacial score (nSPS) is 33.3. The summed E-state index contributed by atoms with van der Waals surface area (Å²) in [6.07, 6.45) is -5.33. The van der Waals surface area contributed by atoms with E-state index in [4.69, 9.17) is 9.47 Å². The summed E-state index contributed by atoms with van der Waals surface area (Å²) >= 11 is 0. The van der Waals surface area contributed by atoms with Gasteiger partial charge < -0.3 is 24.8 Å². The van der Waals surface area contributed by atoms with Crippen molar-refractivity contribution in [3.05, 3.63) is 65.2 Å². The van der Waals surface area contributed by atoms with Crippen molar-refractivity contribution < 1.29 is 29.6 Å². The van der Waals surface area contributed by atoms with Crippen molar-refractivity contribution >= 4 is 5.78 Å². The molecule has 0 aromatic heterocycles. The van der Waals surface area contributed by atoms with Gasteiger partial charge in [-0.25, -0.2) is 0 Å². The minimum Gasteiger partial charge on any atom is -0.484 e. The quantitative estimate of drug-likeness (QED) is 0.748. The SMILES string of the molecule is C[C@@H]1OC(c2ccc3c(c2)C(=O)CC(c2ccccc2)O3)[C@H](O)[C@H](O)[C@H]1O. The van der Waals surface area contributed by atoms with Crippen molar-refractivity contribution in [2.24, 2.45) is 0 Å². The number of aliphatic hydroxyl groups is 3. The van der Waals surface area contributed by atoms with Gasteiger partial charge in [0.05, 0.1) is 18.1 Å². The van der Waals surface area contributed by atoms with Crippen LogP contribution in [0, 0.1) is 0 Å². The molecule has 2 aromatic rings. The number of rotatable bonds is 2. The summed E-state index contributed by atoms with van der Waals surface area (Å²) in [4.78, 5) is 12.7. The molecule has 2 aliphatic heterocycles. The molecule has 2 aliphatic rings. The molecule has 1 saturated heterocycles. The van der Waals surface area contributed by atoms with E-state index in [-0.39, 0.29) is 18.3 Å². The lowest BCUT2D eigenvalue weighted by Gasteiger charge is -2.39. The van der Waals surface area contributed by atoms with Crippen LogP contribution in [0.4, 0.5) is 0 Å². The third kappa shape index (κ3) is 3.26. The van der Waals surface area contributed by atoms with Crippen LogP contribution in [-0.4, -0.2) is 45.5 Å². The molecule has 6 heteroatoms. The lowest BCUT2D eigenvalue weighted by molar-refractivity contribution is -0.219. The van der Waals surface area contributed by atoms with Gasteiger partial charge in [0.15, 0.2) is 5.78 Å². The van der Waals surface area contributed by atoms with Crippen LogP contribution < -0.4 is 4.74 Å². The Morgan fingerprint density at radius 1 is 0.926 bits per heavy atom. The van der Waals surface area contributed by atoms with Crippen molar-refractivity contribution in [2.45, 2.75) is 50.0 Å². The van der Waals surface area contributed by atoms with Gasteiger partial charge in [-0.3, -0.25) is 4.79 Å². The van der Waals surface area contributed by atoms with Gasteiger partial charge in [0.2, 0.25) is 0 Å². The Labute approximate surface area is 157 Å². The van der Waals surface area contributed by atoms with Crippen molar-refractivity contribution in [3.8, 4) is 5.75 Å². The smallest absolute Gasteiger partial charge is 0.170 e. The second-order valence-electron chi connectivity index (χ2n) is 7.13. The van der Waals surface area contributed by atoms with E-state index in [1.54, 1.807) is 25.1 Å². The Bertz CT molecular complexity index is 836. The summed E-state index contributed by atoms with van der Waals surface area (Å²) in [5.74, 6) is 0.439. The van der Waals surface area contributed by atoms with Gasteiger partial charge in [-0.15, -0.1) is 0 Å². The molecule has 6 atom stereocenters. The molecule has 0 bridgehead atoms. The zero-order valence-electron chi connectivity index (χ0n) is 14.9. The van der Waals surface area contributed by atoms with E-state index in [1.165, 1.54) is 0 Å². The summed E-state index contributed by atoms with van der Waals surface area (Å²) < 4.78 is 11.7. The minimum atomic E-state index is -1.32. The maximum Gasteiger partial charge on any atom is 0.170 e.